The van der Waals surface area contributed by atoms with Crippen LogP contribution in [0.2, 0.25) is 0 Å². The first-order valence-electron chi connectivity index (χ1n) is 8.65. The Morgan fingerprint density at radius 1 is 1.26 bits per heavy atom. The van der Waals surface area contributed by atoms with Gasteiger partial charge in [0.25, 0.3) is 5.91 Å². The van der Waals surface area contributed by atoms with Gasteiger partial charge in [0.05, 0.1) is 7.11 Å². The lowest BCUT2D eigenvalue weighted by Gasteiger charge is -2.20. The molecule has 142 valence electrons. The molecule has 2 heterocycles. The number of hydrogen-bond acceptors (Lipinski definition) is 6. The summed E-state index contributed by atoms with van der Waals surface area (Å²) in [5.41, 5.74) is 1.27. The van der Waals surface area contributed by atoms with Crippen molar-refractivity contribution < 1.29 is 18.8 Å². The molecule has 0 bridgehead atoms. The van der Waals surface area contributed by atoms with E-state index in [9.17, 15) is 4.79 Å². The average molecular weight is 386 g/mol. The molecule has 0 saturated carbocycles. The number of rotatable bonds is 8. The second kappa shape index (κ2) is 8.73. The van der Waals surface area contributed by atoms with E-state index >= 15 is 0 Å². The molecule has 7 heteroatoms. The molecule has 3 rings (SSSR count). The number of aromatic nitrogens is 1. The average Bonchev–Trinajstić information content (AvgIpc) is 3.36. The topological polar surface area (TPSA) is 64.8 Å². The SMILES string of the molecule is CCN(Cc1ccc(OCc2cccs2)c(OC)c1)C(=O)c1cc(C)on1. The predicted octanol–water partition coefficient (Wildman–Crippen LogP) is 4.29. The van der Waals surface area contributed by atoms with Crippen LogP contribution < -0.4 is 9.47 Å². The Hall–Kier alpha value is -2.80. The number of methoxy groups -OCH3 is 1. The Morgan fingerprint density at radius 3 is 2.74 bits per heavy atom. The number of carbonyl (C=O) groups is 1. The summed E-state index contributed by atoms with van der Waals surface area (Å²) in [5.74, 6) is 1.77. The van der Waals surface area contributed by atoms with Gasteiger partial charge in [0.2, 0.25) is 0 Å². The van der Waals surface area contributed by atoms with Crippen LogP contribution in [0.25, 0.3) is 0 Å². The first-order chi connectivity index (χ1) is 13.1. The van der Waals surface area contributed by atoms with Crippen molar-refractivity contribution in [1.82, 2.24) is 10.1 Å². The van der Waals surface area contributed by atoms with Crippen LogP contribution in [0.4, 0.5) is 0 Å². The van der Waals surface area contributed by atoms with E-state index in [1.807, 2.05) is 42.6 Å². The van der Waals surface area contributed by atoms with Crippen LogP contribution in [0.3, 0.4) is 0 Å². The number of amides is 1. The van der Waals surface area contributed by atoms with Crippen molar-refractivity contribution in [2.45, 2.75) is 27.0 Å². The van der Waals surface area contributed by atoms with E-state index in [1.165, 1.54) is 0 Å². The number of nitrogens with zero attached hydrogens (tertiary/aromatic N) is 2. The molecule has 2 aromatic heterocycles. The molecule has 1 amide bonds. The second-order valence-corrected chi connectivity index (χ2v) is 7.03. The van der Waals surface area contributed by atoms with Gasteiger partial charge in [-0.1, -0.05) is 17.3 Å². The number of thiophene rings is 1. The lowest BCUT2D eigenvalue weighted by Crippen LogP contribution is -2.30. The van der Waals surface area contributed by atoms with Crippen molar-refractivity contribution >= 4 is 17.2 Å². The van der Waals surface area contributed by atoms with E-state index < -0.39 is 0 Å². The predicted molar refractivity (Wildman–Crippen MR) is 103 cm³/mol. The first-order valence-corrected chi connectivity index (χ1v) is 9.53. The summed E-state index contributed by atoms with van der Waals surface area (Å²) in [6.45, 7) is 5.20. The van der Waals surface area contributed by atoms with Crippen molar-refractivity contribution in [3.8, 4) is 11.5 Å². The zero-order valence-corrected chi connectivity index (χ0v) is 16.4. The van der Waals surface area contributed by atoms with Crippen LogP contribution in [-0.4, -0.2) is 29.6 Å². The molecule has 6 nitrogen and oxygen atoms in total. The second-order valence-electron chi connectivity index (χ2n) is 6.00. The van der Waals surface area contributed by atoms with Gasteiger partial charge in [0.15, 0.2) is 17.2 Å². The van der Waals surface area contributed by atoms with Crippen molar-refractivity contribution in [2.24, 2.45) is 0 Å². The fourth-order valence-electron chi connectivity index (χ4n) is 2.65. The van der Waals surface area contributed by atoms with Gasteiger partial charge in [-0.25, -0.2) is 0 Å². The maximum absolute atomic E-state index is 12.6. The summed E-state index contributed by atoms with van der Waals surface area (Å²) < 4.78 is 16.3. The summed E-state index contributed by atoms with van der Waals surface area (Å²) >= 11 is 1.65. The molecule has 0 fully saturated rings. The van der Waals surface area contributed by atoms with Crippen molar-refractivity contribution in [3.63, 3.8) is 0 Å². The van der Waals surface area contributed by atoms with Crippen LogP contribution in [-0.2, 0) is 13.2 Å². The van der Waals surface area contributed by atoms with Gasteiger partial charge in [-0.2, -0.15) is 0 Å². The number of carbonyl (C=O) groups excluding carboxylic acids is 1. The van der Waals surface area contributed by atoms with E-state index in [0.717, 1.165) is 10.4 Å². The maximum Gasteiger partial charge on any atom is 0.276 e. The first kappa shape index (κ1) is 19.0. The third-order valence-corrected chi connectivity index (χ3v) is 4.92. The minimum Gasteiger partial charge on any atom is -0.493 e. The summed E-state index contributed by atoms with van der Waals surface area (Å²) in [7, 11) is 1.61. The van der Waals surface area contributed by atoms with E-state index in [0.29, 0.717) is 42.6 Å². The molecule has 0 saturated heterocycles. The van der Waals surface area contributed by atoms with E-state index in [-0.39, 0.29) is 5.91 Å². The van der Waals surface area contributed by atoms with Crippen LogP contribution in [0.15, 0.2) is 46.3 Å². The van der Waals surface area contributed by atoms with E-state index in [4.69, 9.17) is 14.0 Å². The molecule has 0 aliphatic heterocycles. The Labute approximate surface area is 162 Å². The van der Waals surface area contributed by atoms with Crippen LogP contribution >= 0.6 is 11.3 Å². The van der Waals surface area contributed by atoms with Gasteiger partial charge in [-0.05, 0) is 43.0 Å². The molecule has 27 heavy (non-hydrogen) atoms. The van der Waals surface area contributed by atoms with Gasteiger partial charge in [0.1, 0.15) is 12.4 Å². The number of ether oxygens (including phenoxy) is 2. The minimum atomic E-state index is -0.161. The highest BCUT2D eigenvalue weighted by Gasteiger charge is 2.19. The molecule has 0 spiro atoms. The highest BCUT2D eigenvalue weighted by Crippen LogP contribution is 2.30. The van der Waals surface area contributed by atoms with Gasteiger partial charge < -0.3 is 18.9 Å². The molecule has 0 unspecified atom stereocenters. The Morgan fingerprint density at radius 2 is 2.11 bits per heavy atom. The van der Waals surface area contributed by atoms with Gasteiger partial charge >= 0.3 is 0 Å². The summed E-state index contributed by atoms with van der Waals surface area (Å²) in [6, 6.07) is 11.4. The summed E-state index contributed by atoms with van der Waals surface area (Å²) in [5, 5.41) is 5.83. The summed E-state index contributed by atoms with van der Waals surface area (Å²) in [4.78, 5) is 15.4. The third-order valence-electron chi connectivity index (χ3n) is 4.07. The minimum absolute atomic E-state index is 0.161. The van der Waals surface area contributed by atoms with E-state index in [1.54, 1.807) is 36.3 Å². The van der Waals surface area contributed by atoms with Crippen LogP contribution in [0.1, 0.15) is 33.6 Å². The quantitative estimate of drug-likeness (QED) is 0.578. The fraction of sp³-hybridized carbons (Fsp3) is 0.300. The van der Waals surface area contributed by atoms with E-state index in [2.05, 4.69) is 5.16 Å². The smallest absolute Gasteiger partial charge is 0.276 e. The lowest BCUT2D eigenvalue weighted by molar-refractivity contribution is 0.0742. The molecule has 1 aromatic carbocycles. The Kier molecular flexibility index (Phi) is 6.13. The zero-order chi connectivity index (χ0) is 19.2. The van der Waals surface area contributed by atoms with Crippen molar-refractivity contribution in [1.29, 1.82) is 0 Å². The van der Waals surface area contributed by atoms with Crippen LogP contribution in [0.5, 0.6) is 11.5 Å². The molecular formula is C20H22N2O4S. The largest absolute Gasteiger partial charge is 0.493 e. The number of benzene rings is 1. The molecule has 0 aliphatic rings. The number of aryl methyl sites for hydroxylation is 1. The summed E-state index contributed by atoms with van der Waals surface area (Å²) in [6.07, 6.45) is 0. The fourth-order valence-corrected chi connectivity index (χ4v) is 3.27. The van der Waals surface area contributed by atoms with Gasteiger partial charge in [0, 0.05) is 24.0 Å². The maximum atomic E-state index is 12.6. The highest BCUT2D eigenvalue weighted by molar-refractivity contribution is 7.09. The normalized spacial score (nSPS) is 10.6. The van der Waals surface area contributed by atoms with Gasteiger partial charge in [-0.3, -0.25) is 4.79 Å². The molecule has 3 aromatic rings. The molecule has 0 radical (unpaired) electrons. The lowest BCUT2D eigenvalue weighted by atomic mass is 10.1. The zero-order valence-electron chi connectivity index (χ0n) is 15.6. The van der Waals surface area contributed by atoms with Crippen molar-refractivity contribution in [3.05, 3.63) is 63.7 Å². The third kappa shape index (κ3) is 4.68. The number of hydrogen-bond donors (Lipinski definition) is 0. The molecule has 0 N–H and O–H groups in total. The standard InChI is InChI=1S/C20H22N2O4S/c1-4-22(20(23)17-10-14(2)26-21-17)12-15-7-8-18(19(11-15)24-3)25-13-16-6-5-9-27-16/h5-11H,4,12-13H2,1-3H3. The molecular weight excluding hydrogens is 364 g/mol. The monoisotopic (exact) mass is 386 g/mol. The highest BCUT2D eigenvalue weighted by atomic mass is 32.1. The molecule has 0 aliphatic carbocycles. The van der Waals surface area contributed by atoms with Gasteiger partial charge in [-0.15, -0.1) is 11.3 Å². The Balaban J connectivity index is 1.70. The Bertz CT molecular complexity index is 889. The van der Waals surface area contributed by atoms with Crippen molar-refractivity contribution in [2.75, 3.05) is 13.7 Å². The van der Waals surface area contributed by atoms with Crippen LogP contribution in [0, 0.1) is 6.92 Å². The molecule has 0 atom stereocenters.